The molecule has 3 nitrogen and oxygen atoms in total. The lowest BCUT2D eigenvalue weighted by Gasteiger charge is -2.06. The van der Waals surface area contributed by atoms with E-state index in [0.29, 0.717) is 16.8 Å². The summed E-state index contributed by atoms with van der Waals surface area (Å²) in [5.74, 6) is -0.827. The Kier molecular flexibility index (Phi) is 1.73. The van der Waals surface area contributed by atoms with E-state index in [1.165, 1.54) is 0 Å². The van der Waals surface area contributed by atoms with Gasteiger partial charge in [0.15, 0.2) is 0 Å². The molecule has 1 aliphatic carbocycles. The maximum absolute atomic E-state index is 12.2. The molecule has 0 aromatic heterocycles. The van der Waals surface area contributed by atoms with E-state index in [-0.39, 0.29) is 0 Å². The van der Waals surface area contributed by atoms with Crippen LogP contribution in [-0.4, -0.2) is 11.6 Å². The number of rotatable bonds is 0. The molecule has 0 fully saturated rings. The number of ketones is 2. The van der Waals surface area contributed by atoms with Gasteiger partial charge in [-0.15, -0.1) is 0 Å². The van der Waals surface area contributed by atoms with Crippen molar-refractivity contribution >= 4 is 38.8 Å². The van der Waals surface area contributed by atoms with Crippen LogP contribution in [-0.2, 0) is 0 Å². The number of hydrogen-bond donors (Lipinski definition) is 1. The molecule has 0 saturated carbocycles. The van der Waals surface area contributed by atoms with Crippen LogP contribution < -0.4 is 5.73 Å². The molecule has 3 aromatic rings. The first-order valence-electron chi connectivity index (χ1n) is 6.01. The zero-order valence-corrected chi connectivity index (χ0v) is 9.94. The highest BCUT2D eigenvalue weighted by Crippen LogP contribution is 2.36. The molecule has 0 radical (unpaired) electrons. The minimum atomic E-state index is -0.415. The van der Waals surface area contributed by atoms with Gasteiger partial charge in [0.1, 0.15) is 0 Å². The van der Waals surface area contributed by atoms with Gasteiger partial charge < -0.3 is 5.73 Å². The molecule has 0 amide bonds. The summed E-state index contributed by atoms with van der Waals surface area (Å²) in [4.78, 5) is 24.2. The van der Waals surface area contributed by atoms with Crippen LogP contribution in [0.4, 0.5) is 5.69 Å². The number of fused-ring (bicyclic) bond motifs is 2. The summed E-state index contributed by atoms with van der Waals surface area (Å²) in [5.41, 5.74) is 7.46. The molecule has 0 bridgehead atoms. The number of anilines is 1. The molecule has 0 saturated heterocycles. The fourth-order valence-electron chi connectivity index (χ4n) is 2.86. The van der Waals surface area contributed by atoms with Crippen LogP contribution in [0.1, 0.15) is 20.7 Å². The first kappa shape index (κ1) is 10.3. The quantitative estimate of drug-likeness (QED) is 0.377. The standard InChI is InChI=1S/C16H9NO2/c17-10-4-5-11-9(7-10)6-8-2-1-3-12-13(8)14(11)16(19)15(12)18/h1-7H,17H2. The van der Waals surface area contributed by atoms with Crippen molar-refractivity contribution in [2.24, 2.45) is 0 Å². The molecule has 90 valence electrons. The lowest BCUT2D eigenvalue weighted by atomic mass is 9.97. The second kappa shape index (κ2) is 3.20. The second-order valence-electron chi connectivity index (χ2n) is 4.79. The van der Waals surface area contributed by atoms with Crippen molar-refractivity contribution < 1.29 is 9.59 Å². The summed E-state index contributed by atoms with van der Waals surface area (Å²) in [5, 5.41) is 3.37. The summed E-state index contributed by atoms with van der Waals surface area (Å²) in [6.07, 6.45) is 0. The number of Topliss-reactive ketones (excluding diaryl/α,β-unsaturated/α-hetero) is 2. The lowest BCUT2D eigenvalue weighted by molar-refractivity contribution is 0.0826. The number of carbonyl (C=O) groups is 2. The third-order valence-electron chi connectivity index (χ3n) is 3.68. The van der Waals surface area contributed by atoms with Gasteiger partial charge in [0, 0.05) is 22.2 Å². The minimum absolute atomic E-state index is 0.412. The van der Waals surface area contributed by atoms with E-state index in [0.717, 1.165) is 21.5 Å². The van der Waals surface area contributed by atoms with Gasteiger partial charge in [0.05, 0.1) is 0 Å². The highest BCUT2D eigenvalue weighted by atomic mass is 16.2. The summed E-state index contributed by atoms with van der Waals surface area (Å²) < 4.78 is 0. The topological polar surface area (TPSA) is 60.2 Å². The predicted octanol–water partition coefficient (Wildman–Crippen LogP) is 2.95. The minimum Gasteiger partial charge on any atom is -0.399 e. The Labute approximate surface area is 108 Å². The SMILES string of the molecule is Nc1ccc2c3c4c(cccc4cc2c1)C(=O)C3=O. The van der Waals surface area contributed by atoms with E-state index < -0.39 is 11.6 Å². The number of carbonyl (C=O) groups excluding carboxylic acids is 2. The zero-order valence-electron chi connectivity index (χ0n) is 9.94. The molecule has 0 heterocycles. The molecule has 19 heavy (non-hydrogen) atoms. The first-order chi connectivity index (χ1) is 9.16. The van der Waals surface area contributed by atoms with Crippen molar-refractivity contribution in [2.45, 2.75) is 0 Å². The summed E-state index contributed by atoms with van der Waals surface area (Å²) in [6, 6.07) is 12.8. The van der Waals surface area contributed by atoms with Crippen LogP contribution >= 0.6 is 0 Å². The lowest BCUT2D eigenvalue weighted by Crippen LogP contribution is -2.06. The summed E-state index contributed by atoms with van der Waals surface area (Å²) >= 11 is 0. The van der Waals surface area contributed by atoms with Gasteiger partial charge in [-0.1, -0.05) is 24.3 Å². The molecule has 0 aliphatic heterocycles. The zero-order chi connectivity index (χ0) is 13.1. The van der Waals surface area contributed by atoms with E-state index in [1.807, 2.05) is 24.3 Å². The van der Waals surface area contributed by atoms with Crippen molar-refractivity contribution in [3.63, 3.8) is 0 Å². The second-order valence-corrected chi connectivity index (χ2v) is 4.79. The van der Waals surface area contributed by atoms with Gasteiger partial charge in [-0.05, 0) is 34.4 Å². The number of nitrogen functional groups attached to an aromatic ring is 1. The van der Waals surface area contributed by atoms with Crippen LogP contribution in [0, 0.1) is 0 Å². The van der Waals surface area contributed by atoms with Crippen molar-refractivity contribution in [3.05, 3.63) is 53.6 Å². The summed E-state index contributed by atoms with van der Waals surface area (Å²) in [6.45, 7) is 0. The highest BCUT2D eigenvalue weighted by molar-refractivity contribution is 6.59. The van der Waals surface area contributed by atoms with Crippen LogP contribution in [0.3, 0.4) is 0 Å². The number of hydrogen-bond acceptors (Lipinski definition) is 3. The number of benzene rings is 3. The average molecular weight is 247 g/mol. The van der Waals surface area contributed by atoms with Crippen molar-refractivity contribution in [1.29, 1.82) is 0 Å². The van der Waals surface area contributed by atoms with E-state index in [9.17, 15) is 9.59 Å². The Morgan fingerprint density at radius 2 is 1.68 bits per heavy atom. The van der Waals surface area contributed by atoms with Gasteiger partial charge >= 0.3 is 0 Å². The number of nitrogens with two attached hydrogens (primary N) is 1. The molecule has 2 N–H and O–H groups in total. The molecule has 1 aliphatic rings. The molecule has 0 atom stereocenters. The molecule has 3 aromatic carbocycles. The fraction of sp³-hybridized carbons (Fsp3) is 0. The maximum atomic E-state index is 12.2. The first-order valence-corrected chi connectivity index (χ1v) is 6.01. The molecular weight excluding hydrogens is 238 g/mol. The van der Waals surface area contributed by atoms with Crippen LogP contribution in [0.25, 0.3) is 21.5 Å². The van der Waals surface area contributed by atoms with Crippen molar-refractivity contribution in [1.82, 2.24) is 0 Å². The van der Waals surface area contributed by atoms with Gasteiger partial charge in [0.25, 0.3) is 0 Å². The Bertz CT molecular complexity index is 909. The Morgan fingerprint density at radius 3 is 2.53 bits per heavy atom. The van der Waals surface area contributed by atoms with E-state index in [4.69, 9.17) is 5.73 Å². The Morgan fingerprint density at radius 1 is 0.842 bits per heavy atom. The smallest absolute Gasteiger partial charge is 0.234 e. The van der Waals surface area contributed by atoms with E-state index >= 15 is 0 Å². The van der Waals surface area contributed by atoms with E-state index in [1.54, 1.807) is 18.2 Å². The van der Waals surface area contributed by atoms with Crippen molar-refractivity contribution in [2.75, 3.05) is 5.73 Å². The normalized spacial score (nSPS) is 13.7. The Balaban J connectivity index is 2.34. The van der Waals surface area contributed by atoms with Crippen LogP contribution in [0.15, 0.2) is 42.5 Å². The largest absolute Gasteiger partial charge is 0.399 e. The molecular formula is C16H9NO2. The van der Waals surface area contributed by atoms with E-state index in [2.05, 4.69) is 0 Å². The summed E-state index contributed by atoms with van der Waals surface area (Å²) in [7, 11) is 0. The van der Waals surface area contributed by atoms with Crippen LogP contribution in [0.5, 0.6) is 0 Å². The third kappa shape index (κ3) is 1.16. The predicted molar refractivity (Wildman–Crippen MR) is 74.5 cm³/mol. The van der Waals surface area contributed by atoms with Gasteiger partial charge in [-0.25, -0.2) is 0 Å². The van der Waals surface area contributed by atoms with Crippen LogP contribution in [0.2, 0.25) is 0 Å². The van der Waals surface area contributed by atoms with Gasteiger partial charge in [-0.3, -0.25) is 9.59 Å². The molecule has 0 spiro atoms. The molecule has 0 unspecified atom stereocenters. The maximum Gasteiger partial charge on any atom is 0.234 e. The fourth-order valence-corrected chi connectivity index (χ4v) is 2.86. The Hall–Kier alpha value is -2.68. The third-order valence-corrected chi connectivity index (χ3v) is 3.68. The molecule has 3 heteroatoms. The van der Waals surface area contributed by atoms with Crippen molar-refractivity contribution in [3.8, 4) is 0 Å². The van der Waals surface area contributed by atoms with Gasteiger partial charge in [0.2, 0.25) is 11.6 Å². The average Bonchev–Trinajstić information content (AvgIpc) is 2.66. The monoisotopic (exact) mass is 247 g/mol. The highest BCUT2D eigenvalue weighted by Gasteiger charge is 2.32. The molecule has 4 rings (SSSR count). The van der Waals surface area contributed by atoms with Gasteiger partial charge in [-0.2, -0.15) is 0 Å².